The molecule has 5 nitrogen and oxygen atoms in total. The Kier molecular flexibility index (Phi) is 4.44. The predicted octanol–water partition coefficient (Wildman–Crippen LogP) is 3.62. The minimum absolute atomic E-state index is 0.106. The Balaban J connectivity index is 1.51. The molecular weight excluding hydrogens is 328 g/mol. The van der Waals surface area contributed by atoms with Gasteiger partial charge in [0.15, 0.2) is 5.76 Å². The van der Waals surface area contributed by atoms with Crippen LogP contribution in [0.15, 0.2) is 63.9 Å². The van der Waals surface area contributed by atoms with E-state index in [4.69, 9.17) is 4.42 Å². The molecule has 1 amide bonds. The number of anilines is 1. The fourth-order valence-corrected chi connectivity index (χ4v) is 3.43. The number of pyridine rings is 1. The van der Waals surface area contributed by atoms with Gasteiger partial charge in [0.1, 0.15) is 5.76 Å². The molecule has 0 bridgehead atoms. The van der Waals surface area contributed by atoms with Crippen molar-refractivity contribution in [2.75, 3.05) is 5.32 Å². The number of fused-ring (bicyclic) bond motifs is 1. The summed E-state index contributed by atoms with van der Waals surface area (Å²) in [5.74, 6) is 0.548. The van der Waals surface area contributed by atoms with Gasteiger partial charge >= 0.3 is 0 Å². The molecule has 0 atom stereocenters. The SMILES string of the molecule is O=C(Nc1cccc2c1CCCC2)c1ccc(Cn2ccccc2=O)o1. The molecule has 0 fully saturated rings. The van der Waals surface area contributed by atoms with Gasteiger partial charge < -0.3 is 14.3 Å². The molecule has 0 saturated heterocycles. The molecule has 0 radical (unpaired) electrons. The van der Waals surface area contributed by atoms with E-state index in [0.29, 0.717) is 12.3 Å². The van der Waals surface area contributed by atoms with Gasteiger partial charge in [-0.15, -0.1) is 0 Å². The number of nitrogens with zero attached hydrogens (tertiary/aromatic N) is 1. The lowest BCUT2D eigenvalue weighted by Gasteiger charge is -2.19. The van der Waals surface area contributed by atoms with Crippen molar-refractivity contribution in [2.24, 2.45) is 0 Å². The van der Waals surface area contributed by atoms with Crippen molar-refractivity contribution >= 4 is 11.6 Å². The highest BCUT2D eigenvalue weighted by molar-refractivity contribution is 6.02. The maximum atomic E-state index is 12.6. The van der Waals surface area contributed by atoms with Crippen molar-refractivity contribution in [1.82, 2.24) is 4.57 Å². The van der Waals surface area contributed by atoms with Gasteiger partial charge in [0.25, 0.3) is 11.5 Å². The van der Waals surface area contributed by atoms with Crippen molar-refractivity contribution in [3.63, 3.8) is 0 Å². The number of rotatable bonds is 4. The Hall–Kier alpha value is -3.08. The Bertz CT molecular complexity index is 1000. The lowest BCUT2D eigenvalue weighted by molar-refractivity contribution is 0.0994. The van der Waals surface area contributed by atoms with Crippen LogP contribution >= 0.6 is 0 Å². The fourth-order valence-electron chi connectivity index (χ4n) is 3.43. The molecule has 1 aromatic carbocycles. The first-order valence-corrected chi connectivity index (χ1v) is 8.87. The highest BCUT2D eigenvalue weighted by Crippen LogP contribution is 2.28. The van der Waals surface area contributed by atoms with Gasteiger partial charge in [0, 0.05) is 18.0 Å². The minimum Gasteiger partial charge on any atom is -0.454 e. The summed E-state index contributed by atoms with van der Waals surface area (Å²) < 4.78 is 7.18. The van der Waals surface area contributed by atoms with Crippen molar-refractivity contribution in [3.05, 3.63) is 87.7 Å². The highest BCUT2D eigenvalue weighted by atomic mass is 16.4. The third kappa shape index (κ3) is 3.33. The minimum atomic E-state index is -0.268. The monoisotopic (exact) mass is 348 g/mol. The van der Waals surface area contributed by atoms with Crippen LogP contribution in [-0.4, -0.2) is 10.5 Å². The van der Waals surface area contributed by atoms with Crippen molar-refractivity contribution in [2.45, 2.75) is 32.2 Å². The van der Waals surface area contributed by atoms with Gasteiger partial charge in [0.05, 0.1) is 6.54 Å². The number of carbonyl (C=O) groups is 1. The van der Waals surface area contributed by atoms with Gasteiger partial charge in [-0.3, -0.25) is 9.59 Å². The van der Waals surface area contributed by atoms with Crippen LogP contribution in [-0.2, 0) is 19.4 Å². The summed E-state index contributed by atoms with van der Waals surface area (Å²) in [5, 5.41) is 2.97. The molecule has 132 valence electrons. The largest absolute Gasteiger partial charge is 0.454 e. The summed E-state index contributed by atoms with van der Waals surface area (Å²) in [7, 11) is 0. The number of carbonyl (C=O) groups excluding carboxylic acids is 1. The summed E-state index contributed by atoms with van der Waals surface area (Å²) in [6, 6.07) is 14.4. The maximum Gasteiger partial charge on any atom is 0.291 e. The topological polar surface area (TPSA) is 64.2 Å². The summed E-state index contributed by atoms with van der Waals surface area (Å²) in [5.41, 5.74) is 3.31. The Morgan fingerprint density at radius 2 is 1.92 bits per heavy atom. The first-order chi connectivity index (χ1) is 12.7. The van der Waals surface area contributed by atoms with E-state index in [0.717, 1.165) is 24.9 Å². The molecule has 1 N–H and O–H groups in total. The van der Waals surface area contributed by atoms with Crippen LogP contribution in [0.1, 0.15) is 40.3 Å². The number of amides is 1. The number of aryl methyl sites for hydroxylation is 1. The summed E-state index contributed by atoms with van der Waals surface area (Å²) >= 11 is 0. The molecule has 4 rings (SSSR count). The average Bonchev–Trinajstić information content (AvgIpc) is 3.13. The number of hydrogen-bond donors (Lipinski definition) is 1. The van der Waals surface area contributed by atoms with Gasteiger partial charge in [0.2, 0.25) is 0 Å². The van der Waals surface area contributed by atoms with Crippen molar-refractivity contribution in [1.29, 1.82) is 0 Å². The van der Waals surface area contributed by atoms with Crippen molar-refractivity contribution in [3.8, 4) is 0 Å². The standard InChI is InChI=1S/C21H20N2O3/c24-20-10-3-4-13-23(20)14-16-11-12-19(26-16)21(25)22-18-9-5-7-15-6-1-2-8-17(15)18/h3-5,7,9-13H,1-2,6,8,14H2,(H,22,25). The number of hydrogen-bond acceptors (Lipinski definition) is 3. The lowest BCUT2D eigenvalue weighted by atomic mass is 9.90. The zero-order valence-corrected chi connectivity index (χ0v) is 14.4. The molecule has 0 unspecified atom stereocenters. The molecule has 0 spiro atoms. The van der Waals surface area contributed by atoms with Gasteiger partial charge in [-0.25, -0.2) is 0 Å². The second kappa shape index (κ2) is 7.04. The number of nitrogens with one attached hydrogen (secondary N) is 1. The summed E-state index contributed by atoms with van der Waals surface area (Å²) in [6.45, 7) is 0.299. The van der Waals surface area contributed by atoms with E-state index < -0.39 is 0 Å². The van der Waals surface area contributed by atoms with E-state index in [9.17, 15) is 9.59 Å². The molecule has 26 heavy (non-hydrogen) atoms. The summed E-state index contributed by atoms with van der Waals surface area (Å²) in [4.78, 5) is 24.3. The van der Waals surface area contributed by atoms with Crippen LogP contribution in [0.2, 0.25) is 0 Å². The molecule has 5 heteroatoms. The van der Waals surface area contributed by atoms with E-state index in [1.807, 2.05) is 12.1 Å². The smallest absolute Gasteiger partial charge is 0.291 e. The van der Waals surface area contributed by atoms with Gasteiger partial charge in [-0.2, -0.15) is 0 Å². The van der Waals surface area contributed by atoms with E-state index in [1.54, 1.807) is 30.5 Å². The number of aromatic nitrogens is 1. The second-order valence-electron chi connectivity index (χ2n) is 6.54. The molecule has 1 aliphatic carbocycles. The van der Waals surface area contributed by atoms with Gasteiger partial charge in [-0.1, -0.05) is 18.2 Å². The van der Waals surface area contributed by atoms with Crippen LogP contribution in [0.3, 0.4) is 0 Å². The Morgan fingerprint density at radius 1 is 1.04 bits per heavy atom. The summed E-state index contributed by atoms with van der Waals surface area (Å²) in [6.07, 6.45) is 6.10. The third-order valence-electron chi connectivity index (χ3n) is 4.75. The molecule has 2 heterocycles. The van der Waals surface area contributed by atoms with Crippen LogP contribution in [0.5, 0.6) is 0 Å². The van der Waals surface area contributed by atoms with Crippen LogP contribution < -0.4 is 10.9 Å². The molecule has 0 aliphatic heterocycles. The lowest BCUT2D eigenvalue weighted by Crippen LogP contribution is -2.18. The fraction of sp³-hybridized carbons (Fsp3) is 0.238. The van der Waals surface area contributed by atoms with E-state index in [1.165, 1.54) is 28.2 Å². The number of benzene rings is 1. The normalized spacial score (nSPS) is 13.2. The predicted molar refractivity (Wildman–Crippen MR) is 99.5 cm³/mol. The molecule has 1 aliphatic rings. The quantitative estimate of drug-likeness (QED) is 0.783. The second-order valence-corrected chi connectivity index (χ2v) is 6.54. The van der Waals surface area contributed by atoms with Crippen LogP contribution in [0.4, 0.5) is 5.69 Å². The average molecular weight is 348 g/mol. The molecular formula is C21H20N2O3. The van der Waals surface area contributed by atoms with E-state index in [2.05, 4.69) is 11.4 Å². The van der Waals surface area contributed by atoms with Crippen LogP contribution in [0.25, 0.3) is 0 Å². The van der Waals surface area contributed by atoms with E-state index in [-0.39, 0.29) is 17.2 Å². The molecule has 3 aromatic rings. The van der Waals surface area contributed by atoms with Crippen LogP contribution in [0, 0.1) is 0 Å². The first-order valence-electron chi connectivity index (χ1n) is 8.87. The van der Waals surface area contributed by atoms with Gasteiger partial charge in [-0.05, 0) is 61.1 Å². The third-order valence-corrected chi connectivity index (χ3v) is 4.75. The zero-order valence-electron chi connectivity index (χ0n) is 14.4. The number of furan rings is 1. The van der Waals surface area contributed by atoms with Crippen molar-refractivity contribution < 1.29 is 9.21 Å². The highest BCUT2D eigenvalue weighted by Gasteiger charge is 2.17. The molecule has 0 saturated carbocycles. The zero-order chi connectivity index (χ0) is 17.9. The Morgan fingerprint density at radius 3 is 2.81 bits per heavy atom. The van der Waals surface area contributed by atoms with E-state index >= 15 is 0 Å². The molecule has 2 aromatic heterocycles. The maximum absolute atomic E-state index is 12.6. The Labute approximate surface area is 151 Å². The first kappa shape index (κ1) is 16.4.